The van der Waals surface area contributed by atoms with Gasteiger partial charge in [-0.3, -0.25) is 24.1 Å². The fourth-order valence-electron chi connectivity index (χ4n) is 5.82. The summed E-state index contributed by atoms with van der Waals surface area (Å²) in [7, 11) is 0. The summed E-state index contributed by atoms with van der Waals surface area (Å²) in [5, 5.41) is 1.99. The normalized spacial score (nSPS) is 23.9. The number of ether oxygens (including phenoxy) is 1. The molecule has 182 valence electrons. The maximum absolute atomic E-state index is 12.9. The number of hydrogen-bond acceptors (Lipinski definition) is 5. The van der Waals surface area contributed by atoms with E-state index >= 15 is 0 Å². The van der Waals surface area contributed by atoms with Crippen molar-refractivity contribution >= 4 is 45.8 Å². The summed E-state index contributed by atoms with van der Waals surface area (Å²) in [5.74, 6) is -1.55. The largest absolute Gasteiger partial charge is 0.426 e. The van der Waals surface area contributed by atoms with Gasteiger partial charge in [0.25, 0.3) is 0 Å². The molecule has 7 heteroatoms. The van der Waals surface area contributed by atoms with Crippen LogP contribution in [-0.4, -0.2) is 30.2 Å². The quantitative estimate of drug-likeness (QED) is 0.311. The molecule has 3 aromatic carbocycles. The summed E-state index contributed by atoms with van der Waals surface area (Å²) in [6.45, 7) is 0.253. The van der Waals surface area contributed by atoms with Crippen LogP contribution in [-0.2, 0) is 19.2 Å². The lowest BCUT2D eigenvalue weighted by Crippen LogP contribution is -2.30. The second-order valence-corrected chi connectivity index (χ2v) is 9.83. The molecule has 2 aliphatic heterocycles. The first kappa shape index (κ1) is 22.5. The Morgan fingerprint density at radius 1 is 0.806 bits per heavy atom. The van der Waals surface area contributed by atoms with Gasteiger partial charge in [-0.2, -0.15) is 0 Å². The van der Waals surface area contributed by atoms with E-state index in [-0.39, 0.29) is 42.5 Å². The van der Waals surface area contributed by atoms with Gasteiger partial charge < -0.3 is 9.64 Å². The van der Waals surface area contributed by atoms with Gasteiger partial charge in [0.05, 0.1) is 29.1 Å². The van der Waals surface area contributed by atoms with Crippen LogP contribution in [0.3, 0.4) is 0 Å². The highest BCUT2D eigenvalue weighted by Crippen LogP contribution is 2.40. The van der Waals surface area contributed by atoms with Gasteiger partial charge in [0.2, 0.25) is 17.7 Å². The minimum absolute atomic E-state index is 0.0830. The van der Waals surface area contributed by atoms with Crippen LogP contribution < -0.4 is 14.5 Å². The number of hydrogen-bond donors (Lipinski definition) is 0. The van der Waals surface area contributed by atoms with Crippen molar-refractivity contribution in [2.45, 2.75) is 32.1 Å². The fraction of sp³-hybridized carbons (Fsp3) is 0.310. The van der Waals surface area contributed by atoms with Crippen molar-refractivity contribution in [1.29, 1.82) is 0 Å². The molecule has 0 aromatic heterocycles. The number of rotatable bonds is 4. The molecule has 0 bridgehead atoms. The first-order chi connectivity index (χ1) is 17.5. The number of esters is 1. The summed E-state index contributed by atoms with van der Waals surface area (Å²) in [5.41, 5.74) is 1.29. The number of imide groups is 1. The first-order valence-electron chi connectivity index (χ1n) is 12.5. The van der Waals surface area contributed by atoms with Crippen LogP contribution >= 0.6 is 0 Å². The number of carbonyl (C=O) groups excluding carboxylic acids is 4. The maximum atomic E-state index is 12.9. The van der Waals surface area contributed by atoms with E-state index in [4.69, 9.17) is 4.74 Å². The highest BCUT2D eigenvalue weighted by Gasteiger charge is 2.48. The van der Waals surface area contributed by atoms with E-state index in [2.05, 4.69) is 0 Å². The van der Waals surface area contributed by atoms with Crippen LogP contribution in [0.2, 0.25) is 0 Å². The van der Waals surface area contributed by atoms with Crippen LogP contribution in [0.4, 0.5) is 11.4 Å². The molecular weight excluding hydrogens is 456 g/mol. The lowest BCUT2D eigenvalue weighted by molar-refractivity contribution is -0.139. The molecule has 3 atom stereocenters. The Kier molecular flexibility index (Phi) is 5.55. The van der Waals surface area contributed by atoms with Crippen molar-refractivity contribution in [2.24, 2.45) is 17.8 Å². The van der Waals surface area contributed by atoms with E-state index in [0.29, 0.717) is 11.4 Å². The maximum Gasteiger partial charge on any atom is 0.316 e. The molecule has 0 spiro atoms. The highest BCUT2D eigenvalue weighted by molar-refractivity contribution is 6.22. The molecule has 0 unspecified atom stereocenters. The summed E-state index contributed by atoms with van der Waals surface area (Å²) in [6, 6.07) is 20.1. The van der Waals surface area contributed by atoms with Gasteiger partial charge in [-0.25, -0.2) is 0 Å². The molecule has 3 aromatic rings. The summed E-state index contributed by atoms with van der Waals surface area (Å²) < 4.78 is 5.58. The van der Waals surface area contributed by atoms with Crippen molar-refractivity contribution < 1.29 is 23.9 Å². The zero-order valence-electron chi connectivity index (χ0n) is 19.8. The van der Waals surface area contributed by atoms with Gasteiger partial charge in [-0.05, 0) is 48.6 Å². The Morgan fingerprint density at radius 3 is 2.19 bits per heavy atom. The highest BCUT2D eigenvalue weighted by atomic mass is 16.5. The summed E-state index contributed by atoms with van der Waals surface area (Å²) >= 11 is 0. The minimum atomic E-state index is -0.582. The van der Waals surface area contributed by atoms with Crippen LogP contribution in [0.15, 0.2) is 66.7 Å². The molecule has 3 fully saturated rings. The van der Waals surface area contributed by atoms with Crippen LogP contribution in [0.25, 0.3) is 10.8 Å². The number of anilines is 2. The lowest BCUT2D eigenvalue weighted by Gasteiger charge is -2.19. The third-order valence-corrected chi connectivity index (χ3v) is 7.67. The predicted octanol–water partition coefficient (Wildman–Crippen LogP) is 4.48. The Hall–Kier alpha value is -4.00. The van der Waals surface area contributed by atoms with Crippen molar-refractivity contribution in [3.05, 3.63) is 66.7 Å². The summed E-state index contributed by atoms with van der Waals surface area (Å²) in [4.78, 5) is 54.3. The second-order valence-electron chi connectivity index (χ2n) is 9.83. The molecular formula is C29H26N2O5. The minimum Gasteiger partial charge on any atom is -0.426 e. The van der Waals surface area contributed by atoms with E-state index in [1.54, 1.807) is 29.2 Å². The smallest absolute Gasteiger partial charge is 0.316 e. The van der Waals surface area contributed by atoms with Crippen LogP contribution in [0.1, 0.15) is 32.1 Å². The van der Waals surface area contributed by atoms with E-state index in [0.717, 1.165) is 42.1 Å². The average Bonchev–Trinajstić information content (AvgIpc) is 3.41. The van der Waals surface area contributed by atoms with Gasteiger partial charge in [0.15, 0.2) is 0 Å². The van der Waals surface area contributed by atoms with E-state index in [1.165, 1.54) is 4.90 Å². The van der Waals surface area contributed by atoms with Gasteiger partial charge >= 0.3 is 5.97 Å². The molecule has 2 heterocycles. The zero-order valence-corrected chi connectivity index (χ0v) is 19.8. The Balaban J connectivity index is 1.14. The summed E-state index contributed by atoms with van der Waals surface area (Å²) in [6.07, 6.45) is 3.56. The zero-order chi connectivity index (χ0) is 24.8. The number of carbonyl (C=O) groups is 4. The van der Waals surface area contributed by atoms with Crippen molar-refractivity contribution in [3.8, 4) is 5.75 Å². The number of fused-ring (bicyclic) bond motifs is 2. The Labute approximate surface area is 208 Å². The van der Waals surface area contributed by atoms with Crippen molar-refractivity contribution in [1.82, 2.24) is 0 Å². The van der Waals surface area contributed by atoms with Gasteiger partial charge in [-0.15, -0.1) is 0 Å². The predicted molar refractivity (Wildman–Crippen MR) is 134 cm³/mol. The molecule has 6 rings (SSSR count). The van der Waals surface area contributed by atoms with E-state index in [9.17, 15) is 19.2 Å². The fourth-order valence-corrected chi connectivity index (χ4v) is 5.82. The van der Waals surface area contributed by atoms with Gasteiger partial charge in [0, 0.05) is 18.4 Å². The molecule has 2 saturated heterocycles. The molecule has 1 saturated carbocycles. The van der Waals surface area contributed by atoms with Gasteiger partial charge in [0.1, 0.15) is 5.75 Å². The van der Waals surface area contributed by atoms with Crippen molar-refractivity contribution in [2.75, 3.05) is 16.3 Å². The van der Waals surface area contributed by atoms with E-state index < -0.39 is 11.9 Å². The number of nitrogens with zero attached hydrogens (tertiary/aromatic N) is 2. The average molecular weight is 483 g/mol. The van der Waals surface area contributed by atoms with Gasteiger partial charge in [-0.1, -0.05) is 49.2 Å². The monoisotopic (exact) mass is 482 g/mol. The third-order valence-electron chi connectivity index (χ3n) is 7.67. The topological polar surface area (TPSA) is 84.0 Å². The lowest BCUT2D eigenvalue weighted by atomic mass is 9.81. The molecule has 7 nitrogen and oxygen atoms in total. The molecule has 3 aliphatic rings. The Morgan fingerprint density at radius 2 is 1.47 bits per heavy atom. The third kappa shape index (κ3) is 3.75. The SMILES string of the molecule is O=C(Oc1ccc(N2C(=O)[C@@H]3CCCC[C@H]3C2=O)cc1)[C@@H]1CC(=O)N(c2cccc3ccccc23)C1. The van der Waals surface area contributed by atoms with Crippen LogP contribution in [0.5, 0.6) is 5.75 Å². The van der Waals surface area contributed by atoms with Crippen molar-refractivity contribution in [3.63, 3.8) is 0 Å². The molecule has 0 radical (unpaired) electrons. The molecule has 0 N–H and O–H groups in total. The van der Waals surface area contributed by atoms with E-state index in [1.807, 2.05) is 42.5 Å². The molecule has 36 heavy (non-hydrogen) atoms. The number of amides is 3. The standard InChI is InChI=1S/C29H26N2O5/c32-26-16-19(17-30(26)25-11-5-7-18-6-1-2-8-22(18)25)29(35)36-21-14-12-20(13-15-21)31-27(33)23-9-3-4-10-24(23)28(31)34/h1-2,5-8,11-15,19,23-24H,3-4,9-10,16-17H2/t19-,23-,24-/m1/s1. The molecule has 1 aliphatic carbocycles. The Bertz CT molecular complexity index is 1350. The first-order valence-corrected chi connectivity index (χ1v) is 12.5. The second kappa shape index (κ2) is 8.90. The van der Waals surface area contributed by atoms with Crippen LogP contribution in [0, 0.1) is 17.8 Å². The molecule has 3 amide bonds. The number of benzene rings is 3.